The first-order chi connectivity index (χ1) is 8.33. The third-order valence-corrected chi connectivity index (χ3v) is 3.85. The molecule has 92 valence electrons. The predicted molar refractivity (Wildman–Crippen MR) is 74.7 cm³/mol. The van der Waals surface area contributed by atoms with Gasteiger partial charge in [-0.2, -0.15) is 11.8 Å². The van der Waals surface area contributed by atoms with Gasteiger partial charge in [0, 0.05) is 18.7 Å². The van der Waals surface area contributed by atoms with Crippen LogP contribution >= 0.6 is 11.8 Å². The van der Waals surface area contributed by atoms with E-state index in [1.54, 1.807) is 11.8 Å². The number of aryl methyl sites for hydroxylation is 1. The molecule has 1 aromatic carbocycles. The molecule has 0 bridgehead atoms. The third-order valence-electron chi connectivity index (χ3n) is 3.15. The molecule has 0 fully saturated rings. The molecular formula is C14H19NOS. The van der Waals surface area contributed by atoms with E-state index in [9.17, 15) is 4.79 Å². The quantitative estimate of drug-likeness (QED) is 0.764. The molecule has 0 aromatic heterocycles. The zero-order valence-corrected chi connectivity index (χ0v) is 11.1. The van der Waals surface area contributed by atoms with Crippen molar-refractivity contribution in [3.63, 3.8) is 0 Å². The molecule has 0 atom stereocenters. The summed E-state index contributed by atoms with van der Waals surface area (Å²) >= 11 is 1.81. The molecule has 2 nitrogen and oxygen atoms in total. The van der Waals surface area contributed by atoms with Crippen LogP contribution in [0.25, 0.3) is 0 Å². The number of para-hydroxylation sites is 1. The lowest BCUT2D eigenvalue weighted by Crippen LogP contribution is -2.35. The van der Waals surface area contributed by atoms with E-state index in [-0.39, 0.29) is 5.91 Å². The Hall–Kier alpha value is -0.960. The lowest BCUT2D eigenvalue weighted by Gasteiger charge is -2.29. The van der Waals surface area contributed by atoms with Gasteiger partial charge in [0.15, 0.2) is 0 Å². The standard InChI is InChI=1S/C14H19NOS/c1-17-11-5-9-14(16)15-10-4-7-12-6-2-3-8-13(12)15/h2-3,6,8H,4-5,7,9-11H2,1H3. The van der Waals surface area contributed by atoms with E-state index in [1.165, 1.54) is 5.56 Å². The Bertz CT molecular complexity index is 392. The van der Waals surface area contributed by atoms with Gasteiger partial charge >= 0.3 is 0 Å². The van der Waals surface area contributed by atoms with Crippen LogP contribution in [-0.2, 0) is 11.2 Å². The van der Waals surface area contributed by atoms with Crippen molar-refractivity contribution in [3.05, 3.63) is 29.8 Å². The van der Waals surface area contributed by atoms with Crippen molar-refractivity contribution in [2.24, 2.45) is 0 Å². The van der Waals surface area contributed by atoms with Gasteiger partial charge in [-0.05, 0) is 42.9 Å². The molecular weight excluding hydrogens is 230 g/mol. The van der Waals surface area contributed by atoms with Gasteiger partial charge in [-0.1, -0.05) is 18.2 Å². The zero-order valence-electron chi connectivity index (χ0n) is 10.3. The lowest BCUT2D eigenvalue weighted by atomic mass is 10.0. The van der Waals surface area contributed by atoms with Crippen molar-refractivity contribution >= 4 is 23.4 Å². The van der Waals surface area contributed by atoms with Crippen LogP contribution in [-0.4, -0.2) is 24.5 Å². The Morgan fingerprint density at radius 3 is 3.06 bits per heavy atom. The number of benzene rings is 1. The Labute approximate surface area is 107 Å². The fraction of sp³-hybridized carbons (Fsp3) is 0.500. The van der Waals surface area contributed by atoms with Crippen LogP contribution in [0.4, 0.5) is 5.69 Å². The summed E-state index contributed by atoms with van der Waals surface area (Å²) in [6.07, 6.45) is 5.94. The van der Waals surface area contributed by atoms with Crippen molar-refractivity contribution < 1.29 is 4.79 Å². The fourth-order valence-electron chi connectivity index (χ4n) is 2.30. The van der Waals surface area contributed by atoms with Crippen LogP contribution in [0.2, 0.25) is 0 Å². The first kappa shape index (κ1) is 12.5. The molecule has 1 aliphatic heterocycles. The van der Waals surface area contributed by atoms with E-state index < -0.39 is 0 Å². The Kier molecular flexibility index (Phi) is 4.49. The molecule has 0 unspecified atom stereocenters. The molecule has 1 aromatic rings. The van der Waals surface area contributed by atoms with Crippen LogP contribution in [0.5, 0.6) is 0 Å². The van der Waals surface area contributed by atoms with Crippen molar-refractivity contribution in [1.82, 2.24) is 0 Å². The van der Waals surface area contributed by atoms with Gasteiger partial charge in [0.2, 0.25) is 5.91 Å². The highest BCUT2D eigenvalue weighted by Gasteiger charge is 2.21. The monoisotopic (exact) mass is 249 g/mol. The molecule has 1 heterocycles. The van der Waals surface area contributed by atoms with Gasteiger partial charge in [0.1, 0.15) is 0 Å². The summed E-state index contributed by atoms with van der Waals surface area (Å²) in [6, 6.07) is 8.28. The molecule has 3 heteroatoms. The molecule has 0 saturated carbocycles. The molecule has 2 rings (SSSR count). The minimum Gasteiger partial charge on any atom is -0.312 e. The van der Waals surface area contributed by atoms with E-state index >= 15 is 0 Å². The number of carbonyl (C=O) groups is 1. The number of nitrogens with zero attached hydrogens (tertiary/aromatic N) is 1. The van der Waals surface area contributed by atoms with Crippen LogP contribution in [0, 0.1) is 0 Å². The average molecular weight is 249 g/mol. The van der Waals surface area contributed by atoms with E-state index in [0.29, 0.717) is 6.42 Å². The van der Waals surface area contributed by atoms with E-state index in [0.717, 1.165) is 37.2 Å². The summed E-state index contributed by atoms with van der Waals surface area (Å²) in [5.74, 6) is 1.35. The van der Waals surface area contributed by atoms with E-state index in [1.807, 2.05) is 11.0 Å². The number of fused-ring (bicyclic) bond motifs is 1. The highest BCUT2D eigenvalue weighted by molar-refractivity contribution is 7.98. The van der Waals surface area contributed by atoms with Crippen molar-refractivity contribution in [2.75, 3.05) is 23.5 Å². The van der Waals surface area contributed by atoms with Gasteiger partial charge in [-0.3, -0.25) is 4.79 Å². The topological polar surface area (TPSA) is 20.3 Å². The SMILES string of the molecule is CSCCCC(=O)N1CCCc2ccccc21. The third kappa shape index (κ3) is 3.03. The van der Waals surface area contributed by atoms with Crippen LogP contribution < -0.4 is 4.90 Å². The zero-order chi connectivity index (χ0) is 12.1. The smallest absolute Gasteiger partial charge is 0.227 e. The molecule has 0 N–H and O–H groups in total. The minimum absolute atomic E-state index is 0.284. The van der Waals surface area contributed by atoms with Gasteiger partial charge in [0.05, 0.1) is 0 Å². The maximum absolute atomic E-state index is 12.2. The second kappa shape index (κ2) is 6.10. The number of anilines is 1. The highest BCUT2D eigenvalue weighted by Crippen LogP contribution is 2.27. The number of rotatable bonds is 4. The summed E-state index contributed by atoms with van der Waals surface area (Å²) in [6.45, 7) is 0.884. The predicted octanol–water partition coefficient (Wildman–Crippen LogP) is 3.11. The normalized spacial score (nSPS) is 14.5. The Morgan fingerprint density at radius 1 is 1.41 bits per heavy atom. The molecule has 1 aliphatic rings. The summed E-state index contributed by atoms with van der Waals surface area (Å²) in [4.78, 5) is 14.1. The lowest BCUT2D eigenvalue weighted by molar-refractivity contribution is -0.118. The summed E-state index contributed by atoms with van der Waals surface area (Å²) in [7, 11) is 0. The van der Waals surface area contributed by atoms with Gasteiger partial charge in [-0.25, -0.2) is 0 Å². The molecule has 0 radical (unpaired) electrons. The number of hydrogen-bond acceptors (Lipinski definition) is 2. The number of amides is 1. The number of hydrogen-bond donors (Lipinski definition) is 0. The van der Waals surface area contributed by atoms with Gasteiger partial charge in [-0.15, -0.1) is 0 Å². The Morgan fingerprint density at radius 2 is 2.24 bits per heavy atom. The molecule has 1 amide bonds. The van der Waals surface area contributed by atoms with E-state index in [4.69, 9.17) is 0 Å². The van der Waals surface area contributed by atoms with E-state index in [2.05, 4.69) is 24.5 Å². The highest BCUT2D eigenvalue weighted by atomic mass is 32.2. The maximum Gasteiger partial charge on any atom is 0.227 e. The fourth-order valence-corrected chi connectivity index (χ4v) is 2.73. The molecule has 0 spiro atoms. The second-order valence-corrected chi connectivity index (χ2v) is 5.36. The molecule has 17 heavy (non-hydrogen) atoms. The first-order valence-electron chi connectivity index (χ1n) is 6.20. The Balaban J connectivity index is 2.05. The number of carbonyl (C=O) groups excluding carboxylic acids is 1. The number of thioether (sulfide) groups is 1. The summed E-state index contributed by atoms with van der Waals surface area (Å²) in [5.41, 5.74) is 2.45. The molecule has 0 saturated heterocycles. The van der Waals surface area contributed by atoms with Crippen LogP contribution in [0.15, 0.2) is 24.3 Å². The largest absolute Gasteiger partial charge is 0.312 e. The van der Waals surface area contributed by atoms with Gasteiger partial charge < -0.3 is 4.90 Å². The van der Waals surface area contributed by atoms with Crippen molar-refractivity contribution in [1.29, 1.82) is 0 Å². The van der Waals surface area contributed by atoms with Crippen LogP contribution in [0.1, 0.15) is 24.8 Å². The maximum atomic E-state index is 12.2. The molecule has 0 aliphatic carbocycles. The first-order valence-corrected chi connectivity index (χ1v) is 7.59. The van der Waals surface area contributed by atoms with Crippen LogP contribution in [0.3, 0.4) is 0 Å². The van der Waals surface area contributed by atoms with Gasteiger partial charge in [0.25, 0.3) is 0 Å². The minimum atomic E-state index is 0.284. The average Bonchev–Trinajstić information content (AvgIpc) is 2.38. The second-order valence-electron chi connectivity index (χ2n) is 4.37. The summed E-state index contributed by atoms with van der Waals surface area (Å²) in [5, 5.41) is 0. The summed E-state index contributed by atoms with van der Waals surface area (Å²) < 4.78 is 0. The van der Waals surface area contributed by atoms with Crippen molar-refractivity contribution in [2.45, 2.75) is 25.7 Å². The van der Waals surface area contributed by atoms with Crippen molar-refractivity contribution in [3.8, 4) is 0 Å².